The van der Waals surface area contributed by atoms with Crippen LogP contribution in [0.1, 0.15) is 37.7 Å². The number of ether oxygens (including phenoxy) is 1. The van der Waals surface area contributed by atoms with Crippen molar-refractivity contribution in [2.45, 2.75) is 39.7 Å². The third-order valence-corrected chi connectivity index (χ3v) is 5.24. The number of aromatic nitrogens is 2. The fourth-order valence-electron chi connectivity index (χ4n) is 2.57. The molecule has 0 radical (unpaired) electrons. The van der Waals surface area contributed by atoms with Gasteiger partial charge in [0.1, 0.15) is 11.6 Å². The molecule has 3 aromatic rings. The Morgan fingerprint density at radius 2 is 1.72 bits per heavy atom. The summed E-state index contributed by atoms with van der Waals surface area (Å²) in [6, 6.07) is 13.8. The van der Waals surface area contributed by atoms with Crippen LogP contribution in [0.15, 0.2) is 48.5 Å². The van der Waals surface area contributed by atoms with Gasteiger partial charge in [0.05, 0.1) is 6.42 Å². The summed E-state index contributed by atoms with van der Waals surface area (Å²) in [5.74, 6) is 1.40. The Hall–Kier alpha value is -2.80. The first-order valence-corrected chi connectivity index (χ1v) is 10.3. The minimum Gasteiger partial charge on any atom is -0.430 e. The van der Waals surface area contributed by atoms with E-state index in [0.717, 1.165) is 11.1 Å². The molecule has 152 valence electrons. The normalized spacial score (nSPS) is 12.0. The van der Waals surface area contributed by atoms with Gasteiger partial charge in [-0.3, -0.25) is 4.79 Å². The van der Waals surface area contributed by atoms with E-state index in [1.54, 1.807) is 12.1 Å². The molecule has 1 amide bonds. The number of nitrogens with zero attached hydrogens (tertiary/aromatic N) is 2. The van der Waals surface area contributed by atoms with Gasteiger partial charge >= 0.3 is 0 Å². The van der Waals surface area contributed by atoms with Crippen LogP contribution in [0, 0.1) is 11.7 Å². The summed E-state index contributed by atoms with van der Waals surface area (Å²) in [7, 11) is 0. The predicted molar refractivity (Wildman–Crippen MR) is 112 cm³/mol. The smallest absolute Gasteiger partial charge is 0.298 e. The Morgan fingerprint density at radius 1 is 1.07 bits per heavy atom. The maximum atomic E-state index is 13.0. The van der Waals surface area contributed by atoms with Crippen LogP contribution in [0.25, 0.3) is 0 Å². The first-order chi connectivity index (χ1) is 13.9. The van der Waals surface area contributed by atoms with Crippen LogP contribution in [0.4, 0.5) is 4.39 Å². The molecule has 1 heterocycles. The molecule has 0 fully saturated rings. The summed E-state index contributed by atoms with van der Waals surface area (Å²) < 4.78 is 23.0. The summed E-state index contributed by atoms with van der Waals surface area (Å²) in [6.45, 7) is 6.16. The monoisotopic (exact) mass is 413 g/mol. The van der Waals surface area contributed by atoms with E-state index < -0.39 is 0 Å². The Kier molecular flexibility index (Phi) is 6.93. The van der Waals surface area contributed by atoms with Gasteiger partial charge in [-0.1, -0.05) is 38.1 Å². The molecule has 5 nitrogen and oxygen atoms in total. The molecular weight excluding hydrogens is 389 g/mol. The number of halogens is 1. The molecule has 3 rings (SSSR count). The van der Waals surface area contributed by atoms with E-state index in [1.807, 2.05) is 31.2 Å². The predicted octanol–water partition coefficient (Wildman–Crippen LogP) is 4.76. The highest BCUT2D eigenvalue weighted by Crippen LogP contribution is 2.24. The Balaban J connectivity index is 1.54. The van der Waals surface area contributed by atoms with Crippen LogP contribution in [0.5, 0.6) is 10.9 Å². The molecule has 0 unspecified atom stereocenters. The van der Waals surface area contributed by atoms with Crippen LogP contribution in [-0.4, -0.2) is 21.3 Å². The van der Waals surface area contributed by atoms with E-state index in [9.17, 15) is 9.18 Å². The van der Waals surface area contributed by atoms with Gasteiger partial charge in [-0.25, -0.2) is 4.39 Å². The largest absolute Gasteiger partial charge is 0.430 e. The number of hydrogen-bond acceptors (Lipinski definition) is 5. The zero-order valence-corrected chi connectivity index (χ0v) is 17.5. The number of nitrogens with one attached hydrogen (secondary N) is 1. The van der Waals surface area contributed by atoms with Crippen molar-refractivity contribution < 1.29 is 13.9 Å². The summed E-state index contributed by atoms with van der Waals surface area (Å²) in [4.78, 5) is 16.5. The van der Waals surface area contributed by atoms with Gasteiger partial charge in [0.2, 0.25) is 5.91 Å². The molecule has 1 aromatic heterocycles. The molecular formula is C22H24FN3O2S. The molecule has 0 aliphatic carbocycles. The molecule has 1 N–H and O–H groups in total. The molecule has 0 aliphatic rings. The number of rotatable bonds is 8. The van der Waals surface area contributed by atoms with E-state index in [-0.39, 0.29) is 17.8 Å². The fraction of sp³-hybridized carbons (Fsp3) is 0.318. The molecule has 2 aromatic carbocycles. The van der Waals surface area contributed by atoms with E-state index in [0.29, 0.717) is 35.5 Å². The van der Waals surface area contributed by atoms with Crippen LogP contribution in [0.2, 0.25) is 0 Å². The van der Waals surface area contributed by atoms with Crippen molar-refractivity contribution in [3.05, 3.63) is 71.3 Å². The van der Waals surface area contributed by atoms with E-state index in [1.165, 1.54) is 23.7 Å². The van der Waals surface area contributed by atoms with Gasteiger partial charge in [0.15, 0.2) is 5.82 Å². The second kappa shape index (κ2) is 9.60. The maximum Gasteiger partial charge on any atom is 0.298 e. The van der Waals surface area contributed by atoms with Crippen LogP contribution < -0.4 is 10.1 Å². The zero-order chi connectivity index (χ0) is 20.8. The lowest BCUT2D eigenvalue weighted by molar-refractivity contribution is -0.121. The number of hydrogen-bond donors (Lipinski definition) is 1. The van der Waals surface area contributed by atoms with Crippen molar-refractivity contribution in [1.29, 1.82) is 0 Å². The van der Waals surface area contributed by atoms with Crippen LogP contribution in [-0.2, 0) is 17.6 Å². The molecule has 0 saturated carbocycles. The summed E-state index contributed by atoms with van der Waals surface area (Å²) >= 11 is 1.17. The maximum absolute atomic E-state index is 13.0. The van der Waals surface area contributed by atoms with Crippen molar-refractivity contribution in [1.82, 2.24) is 14.7 Å². The molecule has 0 aliphatic heterocycles. The minimum atomic E-state index is -0.264. The van der Waals surface area contributed by atoms with Crippen molar-refractivity contribution in [3.8, 4) is 10.9 Å². The van der Waals surface area contributed by atoms with Gasteiger partial charge < -0.3 is 10.1 Å². The van der Waals surface area contributed by atoms with Crippen LogP contribution in [0.3, 0.4) is 0 Å². The van der Waals surface area contributed by atoms with E-state index in [4.69, 9.17) is 4.74 Å². The van der Waals surface area contributed by atoms with Gasteiger partial charge in [0.25, 0.3) is 5.19 Å². The first-order valence-electron chi connectivity index (χ1n) is 9.52. The van der Waals surface area contributed by atoms with Crippen molar-refractivity contribution >= 4 is 17.4 Å². The summed E-state index contributed by atoms with van der Waals surface area (Å²) in [5, 5.41) is 3.44. The fourth-order valence-corrected chi connectivity index (χ4v) is 3.14. The molecule has 29 heavy (non-hydrogen) atoms. The van der Waals surface area contributed by atoms with Crippen molar-refractivity contribution in [3.63, 3.8) is 0 Å². The highest BCUT2D eigenvalue weighted by molar-refractivity contribution is 7.07. The van der Waals surface area contributed by atoms with Crippen LogP contribution >= 0.6 is 11.5 Å². The SMILES string of the molecule is CC(C)[C@@H](C)NC(=O)Cc1ccc(Oc2nc(Cc3ccc(F)cc3)ns2)cc1. The lowest BCUT2D eigenvalue weighted by atomic mass is 10.1. The third kappa shape index (κ3) is 6.35. The molecule has 0 saturated heterocycles. The highest BCUT2D eigenvalue weighted by atomic mass is 32.1. The number of benzene rings is 2. The van der Waals surface area contributed by atoms with E-state index in [2.05, 4.69) is 28.5 Å². The average molecular weight is 414 g/mol. The second-order valence-electron chi connectivity index (χ2n) is 7.30. The van der Waals surface area contributed by atoms with Crippen molar-refractivity contribution in [2.24, 2.45) is 5.92 Å². The van der Waals surface area contributed by atoms with E-state index >= 15 is 0 Å². The van der Waals surface area contributed by atoms with Gasteiger partial charge in [-0.05, 0) is 48.2 Å². The van der Waals surface area contributed by atoms with Gasteiger partial charge in [-0.15, -0.1) is 0 Å². The summed E-state index contributed by atoms with van der Waals surface area (Å²) in [5.41, 5.74) is 1.85. The Bertz CT molecular complexity index is 939. The molecule has 1 atom stereocenters. The molecule has 0 bridgehead atoms. The van der Waals surface area contributed by atoms with Crippen molar-refractivity contribution in [2.75, 3.05) is 0 Å². The average Bonchev–Trinajstić information content (AvgIpc) is 3.12. The first kappa shape index (κ1) is 20.9. The minimum absolute atomic E-state index is 0.00873. The van der Waals surface area contributed by atoms with Gasteiger partial charge in [0, 0.05) is 24.0 Å². The van der Waals surface area contributed by atoms with Gasteiger partial charge in [-0.2, -0.15) is 9.36 Å². The highest BCUT2D eigenvalue weighted by Gasteiger charge is 2.12. The molecule has 0 spiro atoms. The standard InChI is InChI=1S/C22H24FN3O2S/c1-14(2)15(3)24-21(27)13-17-6-10-19(11-7-17)28-22-25-20(26-29-22)12-16-4-8-18(23)9-5-16/h4-11,14-15H,12-13H2,1-3H3,(H,24,27)/t15-/m1/s1. The molecule has 7 heteroatoms. The lowest BCUT2D eigenvalue weighted by Gasteiger charge is -2.17. The topological polar surface area (TPSA) is 64.1 Å². The Labute approximate surface area is 174 Å². The number of carbonyl (C=O) groups excluding carboxylic acids is 1. The Morgan fingerprint density at radius 3 is 2.38 bits per heavy atom. The zero-order valence-electron chi connectivity index (χ0n) is 16.7. The number of carbonyl (C=O) groups is 1. The number of amides is 1. The lowest BCUT2D eigenvalue weighted by Crippen LogP contribution is -2.37. The summed E-state index contributed by atoms with van der Waals surface area (Å²) in [6.07, 6.45) is 0.848. The quantitative estimate of drug-likeness (QED) is 0.578. The third-order valence-electron chi connectivity index (χ3n) is 4.61. The second-order valence-corrected chi connectivity index (χ2v) is 8.02.